The summed E-state index contributed by atoms with van der Waals surface area (Å²) >= 11 is 0. The van der Waals surface area contributed by atoms with Gasteiger partial charge in [0.25, 0.3) is 5.56 Å². The summed E-state index contributed by atoms with van der Waals surface area (Å²) in [6.45, 7) is 0. The fraction of sp³-hybridized carbons (Fsp3) is 0.0952. The van der Waals surface area contributed by atoms with E-state index in [1.54, 1.807) is 4.68 Å². The summed E-state index contributed by atoms with van der Waals surface area (Å²) < 4.78 is 5.84. The molecule has 2 heterocycles. The first kappa shape index (κ1) is 14.1. The van der Waals surface area contributed by atoms with Crippen LogP contribution >= 0.6 is 0 Å². The molecule has 5 aromatic rings. The zero-order valence-corrected chi connectivity index (χ0v) is 14.1. The van der Waals surface area contributed by atoms with Crippen LogP contribution in [0.1, 0.15) is 0 Å². The highest BCUT2D eigenvalue weighted by Gasteiger charge is 2.18. The van der Waals surface area contributed by atoms with Crippen molar-refractivity contribution in [2.24, 2.45) is 14.1 Å². The molecule has 0 radical (unpaired) electrons. The molecule has 0 atom stereocenters. The largest absolute Gasteiger partial charge is 0.344 e. The quantitative estimate of drug-likeness (QED) is 0.458. The molecule has 0 spiro atoms. The average molecular weight is 327 g/mol. The van der Waals surface area contributed by atoms with Gasteiger partial charge in [-0.2, -0.15) is 0 Å². The van der Waals surface area contributed by atoms with Gasteiger partial charge in [-0.1, -0.05) is 36.4 Å². The number of benzene rings is 3. The zero-order valence-electron chi connectivity index (χ0n) is 14.1. The van der Waals surface area contributed by atoms with Crippen LogP contribution in [0.25, 0.3) is 38.4 Å². The van der Waals surface area contributed by atoms with Gasteiger partial charge in [-0.25, -0.2) is 4.68 Å². The SMILES string of the molecule is Cn1c2ccccc2c2c3c(=O)n(-c4ccccc4)n(C)c3ccc21. The van der Waals surface area contributed by atoms with Gasteiger partial charge in [-0.15, -0.1) is 0 Å². The molecule has 2 aromatic heterocycles. The molecule has 5 rings (SSSR count). The molecule has 0 saturated heterocycles. The third-order valence-corrected chi connectivity index (χ3v) is 5.11. The number of hydrogen-bond acceptors (Lipinski definition) is 1. The second-order valence-corrected chi connectivity index (χ2v) is 6.41. The number of aromatic nitrogens is 3. The van der Waals surface area contributed by atoms with E-state index in [4.69, 9.17) is 0 Å². The molecular formula is C21H17N3O. The normalized spacial score (nSPS) is 11.8. The maximum Gasteiger partial charge on any atom is 0.280 e. The first-order valence-electron chi connectivity index (χ1n) is 8.32. The summed E-state index contributed by atoms with van der Waals surface area (Å²) in [5.41, 5.74) is 4.05. The van der Waals surface area contributed by atoms with Crippen LogP contribution in [-0.2, 0) is 14.1 Å². The van der Waals surface area contributed by atoms with Crippen LogP contribution in [0.3, 0.4) is 0 Å². The van der Waals surface area contributed by atoms with Crippen LogP contribution in [0.4, 0.5) is 0 Å². The molecule has 0 aliphatic heterocycles. The number of rotatable bonds is 1. The minimum absolute atomic E-state index is 0.0191. The van der Waals surface area contributed by atoms with Crippen LogP contribution in [0, 0.1) is 0 Å². The predicted octanol–water partition coefficient (Wildman–Crippen LogP) is 3.97. The van der Waals surface area contributed by atoms with Crippen LogP contribution in [-0.4, -0.2) is 13.9 Å². The molecular weight excluding hydrogens is 310 g/mol. The van der Waals surface area contributed by atoms with Gasteiger partial charge in [0.15, 0.2) is 0 Å². The van der Waals surface area contributed by atoms with Crippen LogP contribution in [0.5, 0.6) is 0 Å². The Morgan fingerprint density at radius 1 is 0.680 bits per heavy atom. The molecule has 0 unspecified atom stereocenters. The van der Waals surface area contributed by atoms with Gasteiger partial charge in [-0.3, -0.25) is 9.48 Å². The van der Waals surface area contributed by atoms with Gasteiger partial charge in [0.2, 0.25) is 0 Å². The molecule has 4 nitrogen and oxygen atoms in total. The van der Waals surface area contributed by atoms with Crippen molar-refractivity contribution in [3.8, 4) is 5.69 Å². The van der Waals surface area contributed by atoms with Crippen molar-refractivity contribution >= 4 is 32.7 Å². The van der Waals surface area contributed by atoms with Gasteiger partial charge in [-0.05, 0) is 30.3 Å². The standard InChI is InChI=1S/C21H17N3O/c1-22-16-11-7-6-10-15(16)19-17(22)12-13-18-20(19)21(25)24(23(18)2)14-8-4-3-5-9-14/h3-13H,1-2H3. The summed E-state index contributed by atoms with van der Waals surface area (Å²) in [6, 6.07) is 22.2. The van der Waals surface area contributed by atoms with E-state index in [9.17, 15) is 4.79 Å². The van der Waals surface area contributed by atoms with Gasteiger partial charge in [0.05, 0.1) is 16.6 Å². The zero-order chi connectivity index (χ0) is 17.1. The summed E-state index contributed by atoms with van der Waals surface area (Å²) in [5.74, 6) is 0. The lowest BCUT2D eigenvalue weighted by atomic mass is 10.1. The van der Waals surface area contributed by atoms with Gasteiger partial charge in [0.1, 0.15) is 0 Å². The van der Waals surface area contributed by atoms with Gasteiger partial charge >= 0.3 is 0 Å². The van der Waals surface area contributed by atoms with E-state index in [-0.39, 0.29) is 5.56 Å². The van der Waals surface area contributed by atoms with Crippen LogP contribution in [0.15, 0.2) is 71.5 Å². The van der Waals surface area contributed by atoms with Crippen molar-refractivity contribution in [3.63, 3.8) is 0 Å². The summed E-state index contributed by atoms with van der Waals surface area (Å²) in [6.07, 6.45) is 0. The van der Waals surface area contributed by atoms with Crippen LogP contribution < -0.4 is 5.56 Å². The number of fused-ring (bicyclic) bond motifs is 5. The Bertz CT molecular complexity index is 1320. The molecule has 0 aliphatic carbocycles. The average Bonchev–Trinajstić information content (AvgIpc) is 3.08. The minimum atomic E-state index is 0.0191. The molecule has 0 N–H and O–H groups in total. The number of nitrogens with zero attached hydrogens (tertiary/aromatic N) is 3. The molecule has 0 bridgehead atoms. The fourth-order valence-electron chi connectivity index (χ4n) is 3.94. The lowest BCUT2D eigenvalue weighted by Gasteiger charge is -2.06. The van der Waals surface area contributed by atoms with E-state index >= 15 is 0 Å². The lowest BCUT2D eigenvalue weighted by Crippen LogP contribution is -2.19. The predicted molar refractivity (Wildman–Crippen MR) is 102 cm³/mol. The summed E-state index contributed by atoms with van der Waals surface area (Å²) in [7, 11) is 3.99. The van der Waals surface area contributed by atoms with Crippen molar-refractivity contribution < 1.29 is 0 Å². The minimum Gasteiger partial charge on any atom is -0.344 e. The third kappa shape index (κ3) is 1.74. The maximum absolute atomic E-state index is 13.3. The first-order valence-corrected chi connectivity index (χ1v) is 8.32. The number of para-hydroxylation sites is 2. The molecule has 4 heteroatoms. The topological polar surface area (TPSA) is 31.9 Å². The van der Waals surface area contributed by atoms with Crippen LogP contribution in [0.2, 0.25) is 0 Å². The second-order valence-electron chi connectivity index (χ2n) is 6.41. The van der Waals surface area contributed by atoms with E-state index in [0.717, 1.165) is 38.4 Å². The highest BCUT2D eigenvalue weighted by Crippen LogP contribution is 2.32. The molecule has 25 heavy (non-hydrogen) atoms. The molecule has 3 aromatic carbocycles. The van der Waals surface area contributed by atoms with Gasteiger partial charge < -0.3 is 4.57 Å². The Hall–Kier alpha value is -3.27. The number of hydrogen-bond donors (Lipinski definition) is 0. The molecule has 122 valence electrons. The van der Waals surface area contributed by atoms with Crippen molar-refractivity contribution in [2.75, 3.05) is 0 Å². The van der Waals surface area contributed by atoms with E-state index < -0.39 is 0 Å². The van der Waals surface area contributed by atoms with E-state index in [2.05, 4.69) is 29.8 Å². The number of aryl methyl sites for hydroxylation is 2. The Balaban J connectivity index is 2.05. The summed E-state index contributed by atoms with van der Waals surface area (Å²) in [5, 5.41) is 2.93. The Morgan fingerprint density at radius 3 is 2.16 bits per heavy atom. The highest BCUT2D eigenvalue weighted by atomic mass is 16.1. The Kier molecular flexibility index (Phi) is 2.74. The van der Waals surface area contributed by atoms with Crippen molar-refractivity contribution in [1.82, 2.24) is 13.9 Å². The Labute approximate surface area is 144 Å². The molecule has 0 saturated carbocycles. The highest BCUT2D eigenvalue weighted by molar-refractivity contribution is 6.20. The monoisotopic (exact) mass is 327 g/mol. The van der Waals surface area contributed by atoms with E-state index in [0.29, 0.717) is 0 Å². The third-order valence-electron chi connectivity index (χ3n) is 5.11. The van der Waals surface area contributed by atoms with E-state index in [1.807, 2.05) is 60.3 Å². The van der Waals surface area contributed by atoms with Crippen molar-refractivity contribution in [3.05, 3.63) is 77.1 Å². The fourth-order valence-corrected chi connectivity index (χ4v) is 3.94. The molecule has 0 amide bonds. The maximum atomic E-state index is 13.3. The molecule has 0 aliphatic rings. The second kappa shape index (κ2) is 4.86. The molecule has 0 fully saturated rings. The summed E-state index contributed by atoms with van der Waals surface area (Å²) in [4.78, 5) is 13.3. The Morgan fingerprint density at radius 2 is 1.36 bits per heavy atom. The smallest absolute Gasteiger partial charge is 0.280 e. The van der Waals surface area contributed by atoms with Crippen molar-refractivity contribution in [1.29, 1.82) is 0 Å². The van der Waals surface area contributed by atoms with Gasteiger partial charge in [0, 0.05) is 35.9 Å². The lowest BCUT2D eigenvalue weighted by molar-refractivity contribution is 0.666. The first-order chi connectivity index (χ1) is 12.2. The van der Waals surface area contributed by atoms with Crippen molar-refractivity contribution in [2.45, 2.75) is 0 Å². The van der Waals surface area contributed by atoms with E-state index in [1.165, 1.54) is 0 Å².